The number of rotatable bonds is 12. The number of benzene rings is 1. The van der Waals surface area contributed by atoms with Crippen molar-refractivity contribution in [2.45, 2.75) is 112 Å². The molecule has 0 unspecified atom stereocenters. The molecule has 1 saturated heterocycles. The van der Waals surface area contributed by atoms with Crippen LogP contribution < -0.4 is 0 Å². The van der Waals surface area contributed by atoms with Crippen LogP contribution in [-0.4, -0.2) is 36.7 Å². The Morgan fingerprint density at radius 2 is 1.26 bits per heavy atom. The standard InChI is InChI=1S/C14H17BBrO2.3C4H9.Sn/c1-13(2)14(3,4)18-15(17-13)10-9-11-5-7-12(16)8-6-11;3*1-3-4-2;/h5-8,10H,1-4H3;3*1,3-4H2,2H3;. The fourth-order valence-electron chi connectivity index (χ4n) is 4.63. The average Bonchev–Trinajstić information content (AvgIpc) is 2.93. The summed E-state index contributed by atoms with van der Waals surface area (Å²) in [4.78, 5) is 0. The van der Waals surface area contributed by atoms with Gasteiger partial charge in [-0.3, -0.25) is 0 Å². The first-order valence-corrected chi connectivity index (χ1v) is 20.7. The molecule has 1 fully saturated rings. The molecule has 0 spiro atoms. The molecular formula is C26H44BBrO2Sn. The molecule has 0 amide bonds. The Balaban J connectivity index is 2.59. The molecule has 174 valence electrons. The van der Waals surface area contributed by atoms with Gasteiger partial charge < -0.3 is 0 Å². The quantitative estimate of drug-likeness (QED) is 0.224. The van der Waals surface area contributed by atoms with E-state index in [-0.39, 0.29) is 18.3 Å². The first-order valence-electron chi connectivity index (χ1n) is 12.4. The Labute approximate surface area is 205 Å². The SMILES string of the molecule is CCC[CH2][Sn]([CH2]CCC)([CH2]CCC)/[C](=C\B1OC(C)(C)C(C)(C)O1)c1ccc(Br)cc1. The summed E-state index contributed by atoms with van der Waals surface area (Å²) >= 11 is 0.951. The van der Waals surface area contributed by atoms with E-state index in [2.05, 4.69) is 94.6 Å². The monoisotopic (exact) mass is 598 g/mol. The van der Waals surface area contributed by atoms with Crippen molar-refractivity contribution >= 4 is 45.0 Å². The molecule has 1 aliphatic rings. The Bertz CT molecular complexity index is 677. The first kappa shape index (κ1) is 27.5. The van der Waals surface area contributed by atoms with Gasteiger partial charge in [0.15, 0.2) is 0 Å². The van der Waals surface area contributed by atoms with Gasteiger partial charge in [-0.15, -0.1) is 0 Å². The van der Waals surface area contributed by atoms with E-state index in [0.717, 1.165) is 4.47 Å². The molecule has 0 atom stereocenters. The Kier molecular flexibility index (Phi) is 10.7. The number of halogens is 1. The van der Waals surface area contributed by atoms with E-state index in [0.29, 0.717) is 0 Å². The van der Waals surface area contributed by atoms with Gasteiger partial charge in [0.25, 0.3) is 0 Å². The van der Waals surface area contributed by atoms with Gasteiger partial charge in [0, 0.05) is 0 Å². The minimum atomic E-state index is -2.69. The fourth-order valence-corrected chi connectivity index (χ4v) is 21.8. The van der Waals surface area contributed by atoms with Crippen molar-refractivity contribution in [1.29, 1.82) is 0 Å². The molecule has 31 heavy (non-hydrogen) atoms. The van der Waals surface area contributed by atoms with Crippen LogP contribution in [0.5, 0.6) is 0 Å². The zero-order chi connectivity index (χ0) is 23.1. The van der Waals surface area contributed by atoms with Gasteiger partial charge >= 0.3 is 206 Å². The van der Waals surface area contributed by atoms with Crippen molar-refractivity contribution in [3.63, 3.8) is 0 Å². The summed E-state index contributed by atoms with van der Waals surface area (Å²) in [6.07, 6.45) is 7.88. The minimum absolute atomic E-state index is 0.260. The second-order valence-corrected chi connectivity index (χ2v) is 24.3. The van der Waals surface area contributed by atoms with Crippen LogP contribution in [0.25, 0.3) is 3.59 Å². The molecule has 1 aromatic carbocycles. The van der Waals surface area contributed by atoms with E-state index in [9.17, 15) is 0 Å². The number of hydrogen-bond acceptors (Lipinski definition) is 2. The topological polar surface area (TPSA) is 18.5 Å². The van der Waals surface area contributed by atoms with E-state index in [4.69, 9.17) is 9.31 Å². The van der Waals surface area contributed by atoms with Crippen molar-refractivity contribution in [3.8, 4) is 0 Å². The molecule has 0 radical (unpaired) electrons. The third-order valence-electron chi connectivity index (χ3n) is 7.33. The third-order valence-corrected chi connectivity index (χ3v) is 23.6. The predicted molar refractivity (Wildman–Crippen MR) is 143 cm³/mol. The summed E-state index contributed by atoms with van der Waals surface area (Å²) in [7, 11) is -0.260. The normalized spacial score (nSPS) is 18.6. The predicted octanol–water partition coefficient (Wildman–Crippen LogP) is 8.85. The molecule has 1 heterocycles. The van der Waals surface area contributed by atoms with Gasteiger partial charge in [-0.2, -0.15) is 0 Å². The van der Waals surface area contributed by atoms with E-state index in [1.165, 1.54) is 57.4 Å². The molecule has 0 aromatic heterocycles. The van der Waals surface area contributed by atoms with Crippen molar-refractivity contribution in [3.05, 3.63) is 40.3 Å². The second-order valence-electron chi connectivity index (χ2n) is 10.3. The van der Waals surface area contributed by atoms with Crippen LogP contribution in [0.3, 0.4) is 0 Å². The summed E-state index contributed by atoms with van der Waals surface area (Å²) in [6.45, 7) is 15.6. The number of unbranched alkanes of at least 4 members (excludes halogenated alkanes) is 3. The van der Waals surface area contributed by atoms with Gasteiger partial charge in [-0.1, -0.05) is 0 Å². The molecule has 1 aliphatic heterocycles. The summed E-state index contributed by atoms with van der Waals surface area (Å²) in [5.41, 5.74) is 0.804. The first-order chi connectivity index (χ1) is 14.6. The Morgan fingerprint density at radius 3 is 1.65 bits per heavy atom. The van der Waals surface area contributed by atoms with Gasteiger partial charge in [0.05, 0.1) is 0 Å². The van der Waals surface area contributed by atoms with Gasteiger partial charge in [-0.05, 0) is 0 Å². The molecular weight excluding hydrogens is 554 g/mol. The van der Waals surface area contributed by atoms with E-state index >= 15 is 0 Å². The third kappa shape index (κ3) is 7.10. The van der Waals surface area contributed by atoms with Gasteiger partial charge in [-0.25, -0.2) is 0 Å². The second kappa shape index (κ2) is 12.1. The van der Waals surface area contributed by atoms with Crippen molar-refractivity contribution in [2.24, 2.45) is 0 Å². The van der Waals surface area contributed by atoms with Gasteiger partial charge in [0.2, 0.25) is 0 Å². The summed E-state index contributed by atoms with van der Waals surface area (Å²) < 4.78 is 20.0. The van der Waals surface area contributed by atoms with Crippen LogP contribution in [0.15, 0.2) is 34.7 Å². The van der Waals surface area contributed by atoms with Crippen LogP contribution in [0, 0.1) is 0 Å². The van der Waals surface area contributed by atoms with Crippen molar-refractivity contribution in [1.82, 2.24) is 0 Å². The maximum atomic E-state index is 6.47. The molecule has 1 aromatic rings. The summed E-state index contributed by atoms with van der Waals surface area (Å²) in [6, 6.07) is 9.03. The summed E-state index contributed by atoms with van der Waals surface area (Å²) in [5, 5.41) is 0. The summed E-state index contributed by atoms with van der Waals surface area (Å²) in [5.74, 6) is 2.41. The Hall–Kier alpha value is 0.224. The van der Waals surface area contributed by atoms with Crippen LogP contribution >= 0.6 is 15.9 Å². The van der Waals surface area contributed by atoms with Crippen LogP contribution in [-0.2, 0) is 9.31 Å². The molecule has 5 heteroatoms. The Morgan fingerprint density at radius 1 is 0.839 bits per heavy atom. The van der Waals surface area contributed by atoms with Gasteiger partial charge in [0.1, 0.15) is 0 Å². The van der Waals surface area contributed by atoms with Crippen molar-refractivity contribution < 1.29 is 9.31 Å². The zero-order valence-corrected chi connectivity index (χ0v) is 25.5. The average molecular weight is 598 g/mol. The molecule has 0 saturated carbocycles. The van der Waals surface area contributed by atoms with Crippen molar-refractivity contribution in [2.75, 3.05) is 0 Å². The zero-order valence-electron chi connectivity index (χ0n) is 21.0. The molecule has 0 aliphatic carbocycles. The molecule has 2 nitrogen and oxygen atoms in total. The van der Waals surface area contributed by atoms with E-state index in [1.54, 1.807) is 3.59 Å². The molecule has 2 rings (SSSR count). The van der Waals surface area contributed by atoms with Crippen LogP contribution in [0.2, 0.25) is 13.3 Å². The van der Waals surface area contributed by atoms with E-state index < -0.39 is 18.4 Å². The molecule has 0 bridgehead atoms. The molecule has 0 N–H and O–H groups in total. The van der Waals surface area contributed by atoms with E-state index in [1.807, 2.05) is 0 Å². The fraction of sp³-hybridized carbons (Fsp3) is 0.692. The van der Waals surface area contributed by atoms with Crippen LogP contribution in [0.1, 0.15) is 92.6 Å². The van der Waals surface area contributed by atoms with Crippen LogP contribution in [0.4, 0.5) is 0 Å². The maximum absolute atomic E-state index is 6.47. The number of hydrogen-bond donors (Lipinski definition) is 0.